The maximum atomic E-state index is 12.7. The van der Waals surface area contributed by atoms with Crippen molar-refractivity contribution in [2.75, 3.05) is 5.32 Å². The van der Waals surface area contributed by atoms with Crippen molar-refractivity contribution in [2.24, 2.45) is 0 Å². The molecule has 108 valence electrons. The number of carboxylic acid groups (broad SMARTS) is 2. The Morgan fingerprint density at radius 3 is 2.25 bits per heavy atom. The zero-order chi connectivity index (χ0) is 15.1. The van der Waals surface area contributed by atoms with E-state index in [1.165, 1.54) is 12.1 Å². The van der Waals surface area contributed by atoms with Gasteiger partial charge < -0.3 is 20.8 Å². The quantitative estimate of drug-likeness (QED) is 0.627. The van der Waals surface area contributed by atoms with Crippen LogP contribution in [0.4, 0.5) is 14.9 Å². The molecule has 2 amide bonds. The fourth-order valence-electron chi connectivity index (χ4n) is 1.38. The molecule has 0 spiro atoms. The predicted molar refractivity (Wildman–Crippen MR) is 66.8 cm³/mol. The molecule has 0 saturated heterocycles. The largest absolute Gasteiger partial charge is 0.481 e. The fourth-order valence-corrected chi connectivity index (χ4v) is 1.38. The van der Waals surface area contributed by atoms with Crippen LogP contribution in [0.5, 0.6) is 0 Å². The number of urea groups is 1. The summed E-state index contributed by atoms with van der Waals surface area (Å²) in [7, 11) is 0. The highest BCUT2D eigenvalue weighted by Gasteiger charge is 2.20. The van der Waals surface area contributed by atoms with E-state index in [0.29, 0.717) is 0 Å². The number of halogens is 1. The number of anilines is 1. The van der Waals surface area contributed by atoms with Crippen molar-refractivity contribution < 1.29 is 29.0 Å². The number of hydrogen-bond donors (Lipinski definition) is 4. The SMILES string of the molecule is O=C(O)CC[C@H](NC(=O)Nc1ccc(F)cc1)C(=O)O. The first kappa shape index (κ1) is 15.4. The summed E-state index contributed by atoms with van der Waals surface area (Å²) >= 11 is 0. The number of carbonyl (C=O) groups is 3. The third-order valence-electron chi connectivity index (χ3n) is 2.35. The van der Waals surface area contributed by atoms with Gasteiger partial charge >= 0.3 is 18.0 Å². The van der Waals surface area contributed by atoms with E-state index in [2.05, 4.69) is 10.6 Å². The first-order valence-electron chi connectivity index (χ1n) is 5.66. The molecule has 0 bridgehead atoms. The van der Waals surface area contributed by atoms with Gasteiger partial charge in [0.25, 0.3) is 0 Å². The van der Waals surface area contributed by atoms with Crippen LogP contribution in [0.15, 0.2) is 24.3 Å². The number of carboxylic acids is 2. The van der Waals surface area contributed by atoms with Crippen molar-refractivity contribution in [3.63, 3.8) is 0 Å². The Bertz CT molecular complexity index is 503. The van der Waals surface area contributed by atoms with E-state index < -0.39 is 29.8 Å². The highest BCUT2D eigenvalue weighted by molar-refractivity contribution is 5.92. The topological polar surface area (TPSA) is 116 Å². The summed E-state index contributed by atoms with van der Waals surface area (Å²) in [5.74, 6) is -2.96. The molecule has 1 aromatic carbocycles. The molecule has 0 aliphatic rings. The van der Waals surface area contributed by atoms with E-state index >= 15 is 0 Å². The van der Waals surface area contributed by atoms with Crippen molar-refractivity contribution in [3.8, 4) is 0 Å². The Hall–Kier alpha value is -2.64. The molecule has 20 heavy (non-hydrogen) atoms. The van der Waals surface area contributed by atoms with E-state index in [9.17, 15) is 18.8 Å². The van der Waals surface area contributed by atoms with E-state index in [1.54, 1.807) is 0 Å². The Balaban J connectivity index is 2.55. The van der Waals surface area contributed by atoms with Gasteiger partial charge in [0.05, 0.1) is 0 Å². The molecule has 0 saturated carbocycles. The van der Waals surface area contributed by atoms with Crippen LogP contribution in [0, 0.1) is 5.82 Å². The summed E-state index contributed by atoms with van der Waals surface area (Å²) in [5.41, 5.74) is 0.284. The summed E-state index contributed by atoms with van der Waals surface area (Å²) in [6.45, 7) is 0. The molecular formula is C12H13FN2O5. The molecule has 0 radical (unpaired) electrons. The minimum absolute atomic E-state index is 0.235. The first-order chi connectivity index (χ1) is 9.38. The zero-order valence-corrected chi connectivity index (χ0v) is 10.3. The molecule has 0 heterocycles. The molecule has 0 fully saturated rings. The number of benzene rings is 1. The van der Waals surface area contributed by atoms with Gasteiger partial charge in [-0.15, -0.1) is 0 Å². The molecule has 1 atom stereocenters. The molecule has 0 aromatic heterocycles. The van der Waals surface area contributed by atoms with Crippen LogP contribution >= 0.6 is 0 Å². The van der Waals surface area contributed by atoms with Crippen molar-refractivity contribution >= 4 is 23.7 Å². The summed E-state index contributed by atoms with van der Waals surface area (Å²) in [4.78, 5) is 32.8. The average molecular weight is 284 g/mol. The molecular weight excluding hydrogens is 271 g/mol. The molecule has 0 aliphatic heterocycles. The molecule has 0 unspecified atom stereocenters. The Labute approximate surface area is 113 Å². The van der Waals surface area contributed by atoms with Crippen LogP contribution in [0.25, 0.3) is 0 Å². The third kappa shape index (κ3) is 5.34. The van der Waals surface area contributed by atoms with Gasteiger partial charge in [0.2, 0.25) is 0 Å². The van der Waals surface area contributed by atoms with Gasteiger partial charge in [0.1, 0.15) is 11.9 Å². The fraction of sp³-hybridized carbons (Fsp3) is 0.250. The molecule has 0 aliphatic carbocycles. The van der Waals surface area contributed by atoms with Gasteiger partial charge in [-0.1, -0.05) is 0 Å². The average Bonchev–Trinajstić information content (AvgIpc) is 2.36. The lowest BCUT2D eigenvalue weighted by Gasteiger charge is -2.14. The summed E-state index contributed by atoms with van der Waals surface area (Å²) < 4.78 is 12.7. The number of rotatable bonds is 6. The summed E-state index contributed by atoms with van der Waals surface area (Å²) in [6, 6.07) is 2.76. The zero-order valence-electron chi connectivity index (χ0n) is 10.3. The second kappa shape index (κ2) is 7.07. The Morgan fingerprint density at radius 1 is 1.15 bits per heavy atom. The van der Waals surface area contributed by atoms with Crippen LogP contribution in [-0.2, 0) is 9.59 Å². The van der Waals surface area contributed by atoms with Gasteiger partial charge in [-0.2, -0.15) is 0 Å². The molecule has 8 heteroatoms. The lowest BCUT2D eigenvalue weighted by atomic mass is 10.1. The van der Waals surface area contributed by atoms with Crippen LogP contribution in [0.2, 0.25) is 0 Å². The van der Waals surface area contributed by atoms with Crippen LogP contribution < -0.4 is 10.6 Å². The lowest BCUT2D eigenvalue weighted by Crippen LogP contribution is -2.43. The lowest BCUT2D eigenvalue weighted by molar-refractivity contribution is -0.140. The number of amides is 2. The van der Waals surface area contributed by atoms with Crippen LogP contribution in [-0.4, -0.2) is 34.2 Å². The highest BCUT2D eigenvalue weighted by Crippen LogP contribution is 2.08. The second-order valence-electron chi connectivity index (χ2n) is 3.93. The summed E-state index contributed by atoms with van der Waals surface area (Å²) in [5, 5.41) is 21.8. The summed E-state index contributed by atoms with van der Waals surface area (Å²) in [6.07, 6.45) is -0.616. The molecule has 4 N–H and O–H groups in total. The molecule has 1 rings (SSSR count). The number of hydrogen-bond acceptors (Lipinski definition) is 3. The second-order valence-corrected chi connectivity index (χ2v) is 3.93. The van der Waals surface area contributed by atoms with Gasteiger partial charge in [-0.05, 0) is 30.7 Å². The van der Waals surface area contributed by atoms with Gasteiger partial charge in [-0.25, -0.2) is 14.0 Å². The monoisotopic (exact) mass is 284 g/mol. The van der Waals surface area contributed by atoms with E-state index in [1.807, 2.05) is 0 Å². The van der Waals surface area contributed by atoms with Crippen LogP contribution in [0.3, 0.4) is 0 Å². The van der Waals surface area contributed by atoms with Crippen LogP contribution in [0.1, 0.15) is 12.8 Å². The van der Waals surface area contributed by atoms with Crippen molar-refractivity contribution in [1.29, 1.82) is 0 Å². The minimum Gasteiger partial charge on any atom is -0.481 e. The molecule has 1 aromatic rings. The van der Waals surface area contributed by atoms with Crippen molar-refractivity contribution in [1.82, 2.24) is 5.32 Å². The van der Waals surface area contributed by atoms with Gasteiger partial charge in [-0.3, -0.25) is 4.79 Å². The van der Waals surface area contributed by atoms with E-state index in [0.717, 1.165) is 12.1 Å². The smallest absolute Gasteiger partial charge is 0.326 e. The maximum Gasteiger partial charge on any atom is 0.326 e. The number of nitrogens with one attached hydrogen (secondary N) is 2. The third-order valence-corrected chi connectivity index (χ3v) is 2.35. The number of aliphatic carboxylic acids is 2. The predicted octanol–water partition coefficient (Wildman–Crippen LogP) is 1.27. The van der Waals surface area contributed by atoms with Gasteiger partial charge in [0.15, 0.2) is 0 Å². The van der Waals surface area contributed by atoms with E-state index in [-0.39, 0.29) is 18.5 Å². The minimum atomic E-state index is -1.33. The normalized spacial score (nSPS) is 11.4. The number of carbonyl (C=O) groups excluding carboxylic acids is 1. The first-order valence-corrected chi connectivity index (χ1v) is 5.66. The molecule has 7 nitrogen and oxygen atoms in total. The van der Waals surface area contributed by atoms with E-state index in [4.69, 9.17) is 10.2 Å². The van der Waals surface area contributed by atoms with Gasteiger partial charge in [0, 0.05) is 12.1 Å². The Kier molecular flexibility index (Phi) is 5.45. The highest BCUT2D eigenvalue weighted by atomic mass is 19.1. The van der Waals surface area contributed by atoms with Crippen molar-refractivity contribution in [3.05, 3.63) is 30.1 Å². The Morgan fingerprint density at radius 2 is 1.75 bits per heavy atom. The standard InChI is InChI=1S/C12H13FN2O5/c13-7-1-3-8(4-2-7)14-12(20)15-9(11(18)19)5-6-10(16)17/h1-4,9H,5-6H2,(H,16,17)(H,18,19)(H2,14,15,20)/t9-/m0/s1. The van der Waals surface area contributed by atoms with Crippen molar-refractivity contribution in [2.45, 2.75) is 18.9 Å². The maximum absolute atomic E-state index is 12.7.